The minimum absolute atomic E-state index is 0.0314. The molecule has 1 fully saturated rings. The molecule has 32 heavy (non-hydrogen) atoms. The highest BCUT2D eigenvalue weighted by molar-refractivity contribution is 5.93. The summed E-state index contributed by atoms with van der Waals surface area (Å²) in [7, 11) is 0. The number of carbonyl (C=O) groups excluding carboxylic acids is 1. The second-order valence-corrected chi connectivity index (χ2v) is 8.89. The maximum absolute atomic E-state index is 12.9. The highest BCUT2D eigenvalue weighted by Crippen LogP contribution is 2.23. The van der Waals surface area contributed by atoms with E-state index in [-0.39, 0.29) is 5.91 Å². The van der Waals surface area contributed by atoms with E-state index in [1.165, 1.54) is 5.56 Å². The van der Waals surface area contributed by atoms with E-state index >= 15 is 0 Å². The predicted octanol–water partition coefficient (Wildman–Crippen LogP) is 3.09. The van der Waals surface area contributed by atoms with Gasteiger partial charge in [-0.2, -0.15) is 5.10 Å². The summed E-state index contributed by atoms with van der Waals surface area (Å²) in [5, 5.41) is 7.80. The third-order valence-electron chi connectivity index (χ3n) is 6.39. The monoisotopic (exact) mass is 440 g/mol. The maximum atomic E-state index is 12.9. The molecule has 1 aromatic heterocycles. The zero-order valence-corrected chi connectivity index (χ0v) is 20.5. The molecule has 0 bridgehead atoms. The van der Waals surface area contributed by atoms with Crippen molar-refractivity contribution in [1.82, 2.24) is 24.5 Å². The fourth-order valence-electron chi connectivity index (χ4n) is 4.34. The van der Waals surface area contributed by atoms with E-state index in [2.05, 4.69) is 70.2 Å². The fraction of sp³-hybridized carbons (Fsp3) is 0.600. The van der Waals surface area contributed by atoms with Crippen LogP contribution < -0.4 is 5.32 Å². The number of benzene rings is 1. The highest BCUT2D eigenvalue weighted by Gasteiger charge is 2.19. The molecule has 1 amide bonds. The summed E-state index contributed by atoms with van der Waals surface area (Å²) in [5.41, 5.74) is 4.84. The van der Waals surface area contributed by atoms with Crippen molar-refractivity contribution < 1.29 is 4.79 Å². The lowest BCUT2D eigenvalue weighted by atomic mass is 10.2. The van der Waals surface area contributed by atoms with Gasteiger partial charge in [0, 0.05) is 39.3 Å². The Morgan fingerprint density at radius 2 is 1.66 bits per heavy atom. The first kappa shape index (κ1) is 24.4. The molecule has 1 aliphatic rings. The van der Waals surface area contributed by atoms with Crippen molar-refractivity contribution in [2.75, 3.05) is 64.2 Å². The largest absolute Gasteiger partial charge is 0.322 e. The van der Waals surface area contributed by atoms with Crippen LogP contribution in [0.15, 0.2) is 24.3 Å². The number of nitrogens with zero attached hydrogens (tertiary/aromatic N) is 5. The van der Waals surface area contributed by atoms with Crippen LogP contribution in [0.2, 0.25) is 0 Å². The van der Waals surface area contributed by atoms with Crippen LogP contribution in [0.4, 0.5) is 5.69 Å². The number of aromatic nitrogens is 2. The molecule has 1 N–H and O–H groups in total. The number of rotatable bonds is 10. The minimum atomic E-state index is 0.0314. The van der Waals surface area contributed by atoms with Crippen LogP contribution in [0.25, 0.3) is 5.69 Å². The van der Waals surface area contributed by atoms with Gasteiger partial charge in [-0.3, -0.25) is 14.6 Å². The first-order valence-corrected chi connectivity index (χ1v) is 12.0. The molecule has 7 nitrogen and oxygen atoms in total. The SMILES string of the molecule is CCCN(CCN1CCN(CC)CC1)CC(=O)Nc1c(C)nn(-c2ccc(C)cc2)c1C. The summed E-state index contributed by atoms with van der Waals surface area (Å²) >= 11 is 0. The van der Waals surface area contributed by atoms with E-state index < -0.39 is 0 Å². The van der Waals surface area contributed by atoms with Crippen molar-refractivity contribution in [3.8, 4) is 5.69 Å². The number of aryl methyl sites for hydroxylation is 2. The van der Waals surface area contributed by atoms with Crippen LogP contribution in [0.1, 0.15) is 37.2 Å². The molecule has 0 radical (unpaired) electrons. The lowest BCUT2D eigenvalue weighted by Gasteiger charge is -2.35. The van der Waals surface area contributed by atoms with E-state index in [9.17, 15) is 4.79 Å². The Morgan fingerprint density at radius 1 is 1.00 bits per heavy atom. The van der Waals surface area contributed by atoms with E-state index in [0.29, 0.717) is 6.54 Å². The van der Waals surface area contributed by atoms with Gasteiger partial charge in [-0.15, -0.1) is 0 Å². The zero-order valence-electron chi connectivity index (χ0n) is 20.5. The lowest BCUT2D eigenvalue weighted by Crippen LogP contribution is -2.48. The molecule has 7 heteroatoms. The number of piperazine rings is 1. The van der Waals surface area contributed by atoms with Crippen LogP contribution in [-0.4, -0.2) is 89.3 Å². The van der Waals surface area contributed by atoms with Gasteiger partial charge in [-0.1, -0.05) is 31.5 Å². The van der Waals surface area contributed by atoms with Crippen molar-refractivity contribution in [2.45, 2.75) is 41.0 Å². The molecule has 0 unspecified atom stereocenters. The molecule has 3 rings (SSSR count). The van der Waals surface area contributed by atoms with Gasteiger partial charge in [0.05, 0.1) is 29.3 Å². The smallest absolute Gasteiger partial charge is 0.238 e. The second-order valence-electron chi connectivity index (χ2n) is 8.89. The standard InChI is InChI=1S/C25H40N6O/c1-6-12-30(18-17-29-15-13-28(7-2)14-16-29)19-24(32)26-25-21(4)27-31(22(25)5)23-10-8-20(3)9-11-23/h8-11H,6-7,12-19H2,1-5H3,(H,26,32). The number of hydrogen-bond donors (Lipinski definition) is 1. The first-order chi connectivity index (χ1) is 15.4. The molecule has 176 valence electrons. The summed E-state index contributed by atoms with van der Waals surface area (Å²) in [4.78, 5) is 20.2. The molecule has 1 aromatic carbocycles. The van der Waals surface area contributed by atoms with E-state index in [4.69, 9.17) is 0 Å². The van der Waals surface area contributed by atoms with Crippen LogP contribution in [-0.2, 0) is 4.79 Å². The summed E-state index contributed by atoms with van der Waals surface area (Å²) in [6.45, 7) is 19.4. The lowest BCUT2D eigenvalue weighted by molar-refractivity contribution is -0.117. The van der Waals surface area contributed by atoms with Crippen molar-refractivity contribution in [2.24, 2.45) is 0 Å². The van der Waals surface area contributed by atoms with Gasteiger partial charge in [-0.25, -0.2) is 4.68 Å². The summed E-state index contributed by atoms with van der Waals surface area (Å²) in [5.74, 6) is 0.0314. The Balaban J connectivity index is 1.57. The van der Waals surface area contributed by atoms with Crippen molar-refractivity contribution >= 4 is 11.6 Å². The third kappa shape index (κ3) is 6.40. The van der Waals surface area contributed by atoms with Gasteiger partial charge in [0.2, 0.25) is 5.91 Å². The first-order valence-electron chi connectivity index (χ1n) is 12.0. The molecular weight excluding hydrogens is 400 g/mol. The average molecular weight is 441 g/mol. The van der Waals surface area contributed by atoms with Crippen molar-refractivity contribution in [1.29, 1.82) is 0 Å². The van der Waals surface area contributed by atoms with Crippen LogP contribution >= 0.6 is 0 Å². The Bertz CT molecular complexity index is 867. The van der Waals surface area contributed by atoms with Gasteiger partial charge >= 0.3 is 0 Å². The molecule has 2 aromatic rings. The Morgan fingerprint density at radius 3 is 2.28 bits per heavy atom. The zero-order chi connectivity index (χ0) is 23.1. The predicted molar refractivity (Wildman–Crippen MR) is 132 cm³/mol. The molecule has 0 spiro atoms. The van der Waals surface area contributed by atoms with Crippen LogP contribution in [0, 0.1) is 20.8 Å². The molecule has 2 heterocycles. The van der Waals surface area contributed by atoms with E-state index in [1.807, 2.05) is 18.5 Å². The number of nitrogens with one attached hydrogen (secondary N) is 1. The van der Waals surface area contributed by atoms with Crippen LogP contribution in [0.3, 0.4) is 0 Å². The normalized spacial score (nSPS) is 15.4. The number of likely N-dealkylation sites (N-methyl/N-ethyl adjacent to an activating group) is 1. The molecular formula is C25H40N6O. The van der Waals surface area contributed by atoms with Gasteiger partial charge in [0.15, 0.2) is 0 Å². The number of amides is 1. The minimum Gasteiger partial charge on any atom is -0.322 e. The molecule has 0 aliphatic carbocycles. The van der Waals surface area contributed by atoms with Gasteiger partial charge in [0.25, 0.3) is 0 Å². The Hall–Kier alpha value is -2.22. The molecule has 0 saturated carbocycles. The maximum Gasteiger partial charge on any atom is 0.238 e. The van der Waals surface area contributed by atoms with Gasteiger partial charge in [-0.05, 0) is 52.4 Å². The van der Waals surface area contributed by atoms with Crippen LogP contribution in [0.5, 0.6) is 0 Å². The number of hydrogen-bond acceptors (Lipinski definition) is 5. The Labute approximate surface area is 193 Å². The van der Waals surface area contributed by atoms with Gasteiger partial charge in [0.1, 0.15) is 0 Å². The fourth-order valence-corrected chi connectivity index (χ4v) is 4.34. The molecule has 0 atom stereocenters. The van der Waals surface area contributed by atoms with Crippen molar-refractivity contribution in [3.05, 3.63) is 41.2 Å². The number of anilines is 1. The Kier molecular flexibility index (Phi) is 8.84. The van der Waals surface area contributed by atoms with Gasteiger partial charge < -0.3 is 10.2 Å². The van der Waals surface area contributed by atoms with E-state index in [1.54, 1.807) is 0 Å². The summed E-state index contributed by atoms with van der Waals surface area (Å²) in [6.07, 6.45) is 1.04. The highest BCUT2D eigenvalue weighted by atomic mass is 16.2. The average Bonchev–Trinajstić information content (AvgIpc) is 3.06. The number of carbonyl (C=O) groups is 1. The second kappa shape index (κ2) is 11.6. The summed E-state index contributed by atoms with van der Waals surface area (Å²) < 4.78 is 1.91. The summed E-state index contributed by atoms with van der Waals surface area (Å²) in [6, 6.07) is 8.27. The molecule has 1 aliphatic heterocycles. The molecule has 1 saturated heterocycles. The third-order valence-corrected chi connectivity index (χ3v) is 6.39. The quantitative estimate of drug-likeness (QED) is 0.615. The topological polar surface area (TPSA) is 56.6 Å². The van der Waals surface area contributed by atoms with E-state index in [0.717, 1.165) is 81.5 Å². The van der Waals surface area contributed by atoms with Crippen molar-refractivity contribution in [3.63, 3.8) is 0 Å².